The Morgan fingerprint density at radius 1 is 1.30 bits per heavy atom. The van der Waals surface area contributed by atoms with Crippen molar-refractivity contribution in [3.63, 3.8) is 0 Å². The SMILES string of the molecule is O=C(CCC1CC1)ON(Cl)C(=O)c1ccccc1Cl.[CaH2]. The molecule has 106 valence electrons. The van der Waals surface area contributed by atoms with Crippen LogP contribution in [0.15, 0.2) is 24.3 Å². The summed E-state index contributed by atoms with van der Waals surface area (Å²) in [6.45, 7) is 0. The summed E-state index contributed by atoms with van der Waals surface area (Å²) in [6, 6.07) is 6.42. The maximum atomic E-state index is 11.9. The molecule has 0 saturated heterocycles. The quantitative estimate of drug-likeness (QED) is 0.479. The third kappa shape index (κ3) is 5.41. The Balaban J connectivity index is 0.00000200. The zero-order chi connectivity index (χ0) is 13.8. The summed E-state index contributed by atoms with van der Waals surface area (Å²) in [7, 11) is 0. The van der Waals surface area contributed by atoms with Crippen molar-refractivity contribution >= 4 is 73.0 Å². The number of amides is 1. The van der Waals surface area contributed by atoms with Crippen LogP contribution in [0.5, 0.6) is 0 Å². The molecule has 0 unspecified atom stereocenters. The van der Waals surface area contributed by atoms with Crippen LogP contribution in [-0.2, 0) is 9.63 Å². The van der Waals surface area contributed by atoms with Crippen molar-refractivity contribution in [1.82, 2.24) is 4.58 Å². The summed E-state index contributed by atoms with van der Waals surface area (Å²) in [4.78, 5) is 28.1. The first kappa shape index (κ1) is 18.0. The first-order chi connectivity index (χ1) is 9.08. The first-order valence-corrected chi connectivity index (χ1v) is 6.75. The molecule has 0 aromatic heterocycles. The molecule has 4 nitrogen and oxygen atoms in total. The number of hydrogen-bond donors (Lipinski definition) is 0. The second-order valence-electron chi connectivity index (χ2n) is 4.48. The van der Waals surface area contributed by atoms with Crippen molar-refractivity contribution in [2.75, 3.05) is 0 Å². The molecule has 1 amide bonds. The molecule has 0 N–H and O–H groups in total. The van der Waals surface area contributed by atoms with Crippen molar-refractivity contribution in [2.24, 2.45) is 5.92 Å². The molecular weight excluding hydrogens is 329 g/mol. The van der Waals surface area contributed by atoms with Crippen LogP contribution in [-0.4, -0.2) is 54.2 Å². The van der Waals surface area contributed by atoms with Crippen LogP contribution >= 0.6 is 23.4 Å². The van der Waals surface area contributed by atoms with E-state index in [4.69, 9.17) is 28.2 Å². The molecular formula is C13H15CaCl2NO3. The molecule has 0 aliphatic heterocycles. The van der Waals surface area contributed by atoms with E-state index in [0.717, 1.165) is 19.3 Å². The van der Waals surface area contributed by atoms with E-state index in [0.29, 0.717) is 10.5 Å². The number of halogens is 2. The number of nitrogens with zero attached hydrogens (tertiary/aromatic N) is 1. The summed E-state index contributed by atoms with van der Waals surface area (Å²) in [6.07, 6.45) is 3.38. The minimum absolute atomic E-state index is 0. The topological polar surface area (TPSA) is 46.6 Å². The van der Waals surface area contributed by atoms with Crippen LogP contribution < -0.4 is 0 Å². The molecule has 7 heteroatoms. The Morgan fingerprint density at radius 3 is 2.55 bits per heavy atom. The van der Waals surface area contributed by atoms with Gasteiger partial charge in [-0.15, -0.1) is 0 Å². The summed E-state index contributed by atoms with van der Waals surface area (Å²) in [5.41, 5.74) is 0.189. The van der Waals surface area contributed by atoms with Gasteiger partial charge in [-0.3, -0.25) is 4.79 Å². The van der Waals surface area contributed by atoms with Gasteiger partial charge in [0, 0.05) is 6.42 Å². The van der Waals surface area contributed by atoms with Gasteiger partial charge in [0.2, 0.25) is 0 Å². The van der Waals surface area contributed by atoms with Crippen LogP contribution in [0.2, 0.25) is 5.02 Å². The summed E-state index contributed by atoms with van der Waals surface area (Å²) < 4.78 is 0.413. The predicted octanol–water partition coefficient (Wildman–Crippen LogP) is 2.67. The van der Waals surface area contributed by atoms with Crippen molar-refractivity contribution in [3.05, 3.63) is 34.9 Å². The van der Waals surface area contributed by atoms with Crippen LogP contribution in [0.25, 0.3) is 0 Å². The molecule has 1 saturated carbocycles. The van der Waals surface area contributed by atoms with Gasteiger partial charge in [-0.1, -0.05) is 41.2 Å². The van der Waals surface area contributed by atoms with Gasteiger partial charge in [-0.2, -0.15) is 0 Å². The molecule has 2 rings (SSSR count). The molecule has 0 atom stereocenters. The van der Waals surface area contributed by atoms with E-state index < -0.39 is 11.9 Å². The average molecular weight is 344 g/mol. The van der Waals surface area contributed by atoms with Crippen molar-refractivity contribution in [2.45, 2.75) is 25.7 Å². The van der Waals surface area contributed by atoms with Gasteiger partial charge < -0.3 is 4.84 Å². The standard InChI is InChI=1S/C13H13Cl2NO3.Ca.2H/c14-11-4-2-1-3-10(11)13(18)16(15)19-12(17)8-7-9-5-6-9;;;/h1-4,9H,5-8H2;;;. The third-order valence-corrected chi connectivity index (χ3v) is 3.45. The fourth-order valence-corrected chi connectivity index (χ4v) is 2.02. The fourth-order valence-electron chi connectivity index (χ4n) is 1.63. The Labute approximate surface area is 157 Å². The number of hydrogen-bond acceptors (Lipinski definition) is 3. The van der Waals surface area contributed by atoms with Crippen molar-refractivity contribution < 1.29 is 14.4 Å². The molecule has 1 aliphatic rings. The number of hydroxylamine groups is 1. The summed E-state index contributed by atoms with van der Waals surface area (Å²) >= 11 is 11.5. The van der Waals surface area contributed by atoms with Gasteiger partial charge in [-0.05, 0) is 24.5 Å². The zero-order valence-electron chi connectivity index (χ0n) is 10.1. The molecule has 1 fully saturated rings. The summed E-state index contributed by atoms with van der Waals surface area (Å²) in [5.74, 6) is -0.551. The number of rotatable bonds is 4. The maximum absolute atomic E-state index is 11.9. The molecule has 0 radical (unpaired) electrons. The Kier molecular flexibility index (Phi) is 7.62. The molecule has 0 bridgehead atoms. The first-order valence-electron chi connectivity index (χ1n) is 6.03. The average Bonchev–Trinajstić information content (AvgIpc) is 3.20. The van der Waals surface area contributed by atoms with E-state index in [1.165, 1.54) is 6.07 Å². The van der Waals surface area contributed by atoms with E-state index in [9.17, 15) is 9.59 Å². The van der Waals surface area contributed by atoms with Crippen molar-refractivity contribution in [1.29, 1.82) is 0 Å². The fraction of sp³-hybridized carbons (Fsp3) is 0.385. The van der Waals surface area contributed by atoms with Gasteiger partial charge in [0.05, 0.1) is 22.4 Å². The van der Waals surface area contributed by atoms with Crippen LogP contribution in [0, 0.1) is 5.92 Å². The van der Waals surface area contributed by atoms with Crippen LogP contribution in [0.4, 0.5) is 0 Å². The normalized spacial score (nSPS) is 13.3. The molecule has 20 heavy (non-hydrogen) atoms. The molecule has 1 aliphatic carbocycles. The van der Waals surface area contributed by atoms with Gasteiger partial charge in [0.1, 0.15) is 0 Å². The van der Waals surface area contributed by atoms with E-state index in [2.05, 4.69) is 0 Å². The molecule has 0 heterocycles. The molecule has 1 aromatic carbocycles. The molecule has 0 spiro atoms. The van der Waals surface area contributed by atoms with Crippen molar-refractivity contribution in [3.8, 4) is 0 Å². The third-order valence-electron chi connectivity index (χ3n) is 2.90. The van der Waals surface area contributed by atoms with Gasteiger partial charge in [0.15, 0.2) is 0 Å². The van der Waals surface area contributed by atoms with E-state index in [-0.39, 0.29) is 54.7 Å². The number of benzene rings is 1. The zero-order valence-corrected chi connectivity index (χ0v) is 11.7. The second kappa shape index (κ2) is 8.44. The monoisotopic (exact) mass is 343 g/mol. The number of carbonyl (C=O) groups is 2. The Morgan fingerprint density at radius 2 is 1.95 bits per heavy atom. The van der Waals surface area contributed by atoms with Crippen LogP contribution in [0.1, 0.15) is 36.0 Å². The van der Waals surface area contributed by atoms with E-state index in [1.807, 2.05) is 0 Å². The predicted molar refractivity (Wildman–Crippen MR) is 80.1 cm³/mol. The van der Waals surface area contributed by atoms with Gasteiger partial charge >= 0.3 is 49.6 Å². The van der Waals surface area contributed by atoms with Gasteiger partial charge in [-0.25, -0.2) is 4.79 Å². The Hall–Kier alpha value is -0.000260. The van der Waals surface area contributed by atoms with Gasteiger partial charge in [0.25, 0.3) is 0 Å². The van der Waals surface area contributed by atoms with E-state index in [1.54, 1.807) is 18.2 Å². The Bertz CT molecular complexity index is 494. The van der Waals surface area contributed by atoms with Crippen LogP contribution in [0.3, 0.4) is 0 Å². The number of carbonyl (C=O) groups excluding carboxylic acids is 2. The molecule has 1 aromatic rings. The second-order valence-corrected chi connectivity index (χ2v) is 5.19. The van der Waals surface area contributed by atoms with E-state index >= 15 is 0 Å². The summed E-state index contributed by atoms with van der Waals surface area (Å²) in [5, 5.41) is 0.257. The minimum atomic E-state index is -0.660.